The van der Waals surface area contributed by atoms with Crippen LogP contribution in [-0.4, -0.2) is 22.4 Å². The summed E-state index contributed by atoms with van der Waals surface area (Å²) in [6.07, 6.45) is 5.67. The highest BCUT2D eigenvalue weighted by molar-refractivity contribution is 9.10. The maximum Gasteiger partial charge on any atom is 0.0635 e. The minimum absolute atomic E-state index is 0.631. The third-order valence-electron chi connectivity index (χ3n) is 4.00. The Hall–Kier alpha value is -0.350. The first-order valence-electron chi connectivity index (χ1n) is 6.56. The Bertz CT molecular complexity index is 355. The van der Waals surface area contributed by atoms with Gasteiger partial charge in [0.25, 0.3) is 0 Å². The number of rotatable bonds is 4. The number of nitrogens with one attached hydrogen (secondary N) is 1. The normalized spacial score (nSPS) is 28.8. The van der Waals surface area contributed by atoms with Crippen LogP contribution in [0.25, 0.3) is 0 Å². The van der Waals surface area contributed by atoms with Gasteiger partial charge in [-0.1, -0.05) is 13.8 Å². The Morgan fingerprint density at radius 1 is 1.53 bits per heavy atom. The maximum atomic E-state index is 4.33. The first-order chi connectivity index (χ1) is 8.15. The molecule has 1 saturated carbocycles. The van der Waals surface area contributed by atoms with E-state index in [1.54, 1.807) is 0 Å². The van der Waals surface area contributed by atoms with E-state index in [4.69, 9.17) is 0 Å². The fourth-order valence-electron chi connectivity index (χ4n) is 3.01. The highest BCUT2D eigenvalue weighted by Gasteiger charge is 2.35. The van der Waals surface area contributed by atoms with Crippen LogP contribution in [-0.2, 0) is 7.05 Å². The van der Waals surface area contributed by atoms with Gasteiger partial charge in [-0.3, -0.25) is 4.68 Å². The number of nitrogens with zero attached hydrogens (tertiary/aromatic N) is 2. The van der Waals surface area contributed by atoms with E-state index in [1.807, 2.05) is 17.9 Å². The lowest BCUT2D eigenvalue weighted by Gasteiger charge is -2.22. The van der Waals surface area contributed by atoms with E-state index in [9.17, 15) is 0 Å². The lowest BCUT2D eigenvalue weighted by atomic mass is 9.92. The molecule has 3 nitrogen and oxygen atoms in total. The van der Waals surface area contributed by atoms with Gasteiger partial charge < -0.3 is 5.32 Å². The summed E-state index contributed by atoms with van der Waals surface area (Å²) in [6.45, 7) is 5.72. The first kappa shape index (κ1) is 13.1. The predicted octanol–water partition coefficient (Wildman–Crippen LogP) is 3.06. The van der Waals surface area contributed by atoms with Crippen LogP contribution in [0.2, 0.25) is 0 Å². The number of aryl methyl sites for hydroxylation is 1. The van der Waals surface area contributed by atoms with Crippen LogP contribution >= 0.6 is 15.9 Å². The van der Waals surface area contributed by atoms with Gasteiger partial charge in [0.15, 0.2) is 0 Å². The van der Waals surface area contributed by atoms with Crippen molar-refractivity contribution in [1.82, 2.24) is 15.1 Å². The number of aromatic nitrogens is 2. The van der Waals surface area contributed by atoms with Gasteiger partial charge in [0.2, 0.25) is 0 Å². The first-order valence-corrected chi connectivity index (χ1v) is 7.35. The van der Waals surface area contributed by atoms with E-state index in [2.05, 4.69) is 40.2 Å². The molecule has 4 heteroatoms. The summed E-state index contributed by atoms with van der Waals surface area (Å²) >= 11 is 3.62. The monoisotopic (exact) mass is 299 g/mol. The zero-order chi connectivity index (χ0) is 12.4. The molecule has 0 saturated heterocycles. The van der Waals surface area contributed by atoms with Crippen LogP contribution in [0.15, 0.2) is 10.7 Å². The molecule has 0 spiro atoms. The molecule has 1 fully saturated rings. The zero-order valence-corrected chi connectivity index (χ0v) is 12.5. The average molecular weight is 300 g/mol. The second kappa shape index (κ2) is 5.53. The van der Waals surface area contributed by atoms with E-state index in [0.29, 0.717) is 17.9 Å². The van der Waals surface area contributed by atoms with Gasteiger partial charge in [-0.15, -0.1) is 0 Å². The van der Waals surface area contributed by atoms with E-state index in [-0.39, 0.29) is 0 Å². The molecule has 3 atom stereocenters. The van der Waals surface area contributed by atoms with Crippen molar-refractivity contribution in [3.05, 3.63) is 16.4 Å². The third-order valence-corrected chi connectivity index (χ3v) is 4.61. The summed E-state index contributed by atoms with van der Waals surface area (Å²) in [5, 5.41) is 8.00. The third kappa shape index (κ3) is 2.58. The molecule has 1 aliphatic carbocycles. The molecule has 1 heterocycles. The van der Waals surface area contributed by atoms with Crippen molar-refractivity contribution >= 4 is 15.9 Å². The minimum atomic E-state index is 0.631. The predicted molar refractivity (Wildman–Crippen MR) is 74.1 cm³/mol. The quantitative estimate of drug-likeness (QED) is 0.926. The Balaban J connectivity index is 2.09. The van der Waals surface area contributed by atoms with Gasteiger partial charge in [0.1, 0.15) is 0 Å². The summed E-state index contributed by atoms with van der Waals surface area (Å²) in [5.74, 6) is 1.32. The summed E-state index contributed by atoms with van der Waals surface area (Å²) in [7, 11) is 2.04. The maximum absolute atomic E-state index is 4.33. The van der Waals surface area contributed by atoms with Crippen molar-refractivity contribution in [3.8, 4) is 0 Å². The smallest absolute Gasteiger partial charge is 0.0635 e. The van der Waals surface area contributed by atoms with Gasteiger partial charge in [-0.2, -0.15) is 5.10 Å². The van der Waals surface area contributed by atoms with Crippen LogP contribution in [0.4, 0.5) is 0 Å². The van der Waals surface area contributed by atoms with Gasteiger partial charge in [-0.25, -0.2) is 0 Å². The van der Waals surface area contributed by atoms with Crippen molar-refractivity contribution in [2.75, 3.05) is 6.54 Å². The van der Waals surface area contributed by atoms with E-state index >= 15 is 0 Å². The van der Waals surface area contributed by atoms with Gasteiger partial charge >= 0.3 is 0 Å². The van der Waals surface area contributed by atoms with Crippen molar-refractivity contribution in [2.24, 2.45) is 13.0 Å². The highest BCUT2D eigenvalue weighted by Crippen LogP contribution is 2.41. The summed E-state index contributed by atoms with van der Waals surface area (Å²) in [4.78, 5) is 0. The van der Waals surface area contributed by atoms with Gasteiger partial charge in [0.05, 0.1) is 16.4 Å². The molecule has 96 valence electrons. The van der Waals surface area contributed by atoms with Crippen LogP contribution in [0.1, 0.15) is 44.7 Å². The Morgan fingerprint density at radius 2 is 2.29 bits per heavy atom. The van der Waals surface area contributed by atoms with Gasteiger partial charge in [0, 0.05) is 19.0 Å². The lowest BCUT2D eigenvalue weighted by molar-refractivity contribution is 0.395. The number of hydrogen-bond acceptors (Lipinski definition) is 2. The summed E-state index contributed by atoms with van der Waals surface area (Å²) in [5.41, 5.74) is 1.36. The SMILES string of the molecule is CCCNC1CCC(c2c(Br)cnn2C)C1C. The molecule has 17 heavy (non-hydrogen) atoms. The topological polar surface area (TPSA) is 29.9 Å². The largest absolute Gasteiger partial charge is 0.314 e. The molecular weight excluding hydrogens is 278 g/mol. The molecule has 1 aromatic rings. The molecule has 3 unspecified atom stereocenters. The van der Waals surface area contributed by atoms with Crippen LogP contribution < -0.4 is 5.32 Å². The fraction of sp³-hybridized carbons (Fsp3) is 0.769. The molecule has 1 N–H and O–H groups in total. The van der Waals surface area contributed by atoms with Crippen molar-refractivity contribution in [3.63, 3.8) is 0 Å². The van der Waals surface area contributed by atoms with Crippen molar-refractivity contribution < 1.29 is 0 Å². The lowest BCUT2D eigenvalue weighted by Crippen LogP contribution is -2.33. The molecule has 0 radical (unpaired) electrons. The summed E-state index contributed by atoms with van der Waals surface area (Å²) in [6, 6.07) is 0.668. The Labute approximate surface area is 112 Å². The molecule has 0 aromatic carbocycles. The van der Waals surface area contributed by atoms with Gasteiger partial charge in [-0.05, 0) is 47.7 Å². The average Bonchev–Trinajstić information content (AvgIpc) is 2.81. The zero-order valence-electron chi connectivity index (χ0n) is 10.9. The van der Waals surface area contributed by atoms with E-state index < -0.39 is 0 Å². The highest BCUT2D eigenvalue weighted by atomic mass is 79.9. The Kier molecular flexibility index (Phi) is 4.26. The summed E-state index contributed by atoms with van der Waals surface area (Å²) < 4.78 is 3.18. The molecule has 0 aliphatic heterocycles. The molecular formula is C13H22BrN3. The van der Waals surface area contributed by atoms with Crippen molar-refractivity contribution in [1.29, 1.82) is 0 Å². The molecule has 1 aromatic heterocycles. The molecule has 2 rings (SSSR count). The fourth-order valence-corrected chi connectivity index (χ4v) is 3.65. The second-order valence-electron chi connectivity index (χ2n) is 5.10. The minimum Gasteiger partial charge on any atom is -0.314 e. The van der Waals surface area contributed by atoms with Crippen LogP contribution in [0.3, 0.4) is 0 Å². The van der Waals surface area contributed by atoms with Crippen LogP contribution in [0.5, 0.6) is 0 Å². The molecule has 1 aliphatic rings. The number of hydrogen-bond donors (Lipinski definition) is 1. The molecule has 0 bridgehead atoms. The standard InChI is InChI=1S/C13H22BrN3/c1-4-7-15-12-6-5-10(9(12)2)13-11(14)8-16-17(13)3/h8-10,12,15H,4-7H2,1-3H3. The molecule has 0 amide bonds. The van der Waals surface area contributed by atoms with Crippen molar-refractivity contribution in [2.45, 2.75) is 45.1 Å². The Morgan fingerprint density at radius 3 is 2.88 bits per heavy atom. The van der Waals surface area contributed by atoms with Crippen LogP contribution in [0, 0.1) is 5.92 Å². The number of halogens is 1. The van der Waals surface area contributed by atoms with E-state index in [1.165, 1.54) is 25.0 Å². The second-order valence-corrected chi connectivity index (χ2v) is 5.96. The van der Waals surface area contributed by atoms with E-state index in [0.717, 1.165) is 11.0 Å².